The highest BCUT2D eigenvalue weighted by molar-refractivity contribution is 8.00. The van der Waals surface area contributed by atoms with Crippen molar-refractivity contribution >= 4 is 29.3 Å². The molecule has 1 aromatic carbocycles. The van der Waals surface area contributed by atoms with Gasteiger partial charge in [-0.25, -0.2) is 0 Å². The zero-order chi connectivity index (χ0) is 13.5. The second-order valence-electron chi connectivity index (χ2n) is 3.93. The molecule has 0 amide bonds. The fourth-order valence-electron chi connectivity index (χ4n) is 1.55. The first kappa shape index (κ1) is 15.3. The lowest BCUT2D eigenvalue weighted by Crippen LogP contribution is -2.26. The predicted molar refractivity (Wildman–Crippen MR) is 76.9 cm³/mol. The average Bonchev–Trinajstić information content (AvgIpc) is 2.40. The summed E-state index contributed by atoms with van der Waals surface area (Å²) < 4.78 is 4.65. The van der Waals surface area contributed by atoms with E-state index in [1.807, 2.05) is 31.2 Å². The van der Waals surface area contributed by atoms with Gasteiger partial charge in [-0.05, 0) is 24.1 Å². The molecule has 1 aromatic rings. The third-order valence-electron chi connectivity index (χ3n) is 2.67. The van der Waals surface area contributed by atoms with E-state index in [9.17, 15) is 4.79 Å². The van der Waals surface area contributed by atoms with Crippen LogP contribution in [0.25, 0.3) is 0 Å². The third kappa shape index (κ3) is 4.52. The number of thioether (sulfide) groups is 1. The number of hydrogen-bond acceptors (Lipinski definition) is 4. The molecule has 0 saturated carbocycles. The summed E-state index contributed by atoms with van der Waals surface area (Å²) in [4.78, 5) is 11.2. The molecule has 3 nitrogen and oxygen atoms in total. The van der Waals surface area contributed by atoms with Crippen LogP contribution in [0.15, 0.2) is 24.3 Å². The van der Waals surface area contributed by atoms with Gasteiger partial charge in [0, 0.05) is 16.3 Å². The maximum absolute atomic E-state index is 11.2. The van der Waals surface area contributed by atoms with E-state index in [1.165, 1.54) is 18.9 Å². The maximum atomic E-state index is 11.2. The summed E-state index contributed by atoms with van der Waals surface area (Å²) >= 11 is 7.37. The Hall–Kier alpha value is -0.710. The SMILES string of the molecule is CCC(N)C(SCC(=O)OC)c1ccc(Cl)cc1. The second kappa shape index (κ2) is 7.67. The van der Waals surface area contributed by atoms with Crippen LogP contribution in [0.4, 0.5) is 0 Å². The number of halogens is 1. The van der Waals surface area contributed by atoms with Crippen LogP contribution in [-0.2, 0) is 9.53 Å². The largest absolute Gasteiger partial charge is 0.468 e. The van der Waals surface area contributed by atoms with Crippen LogP contribution < -0.4 is 5.73 Å². The van der Waals surface area contributed by atoms with Crippen molar-refractivity contribution in [2.75, 3.05) is 12.9 Å². The van der Waals surface area contributed by atoms with Crippen molar-refractivity contribution in [1.82, 2.24) is 0 Å². The summed E-state index contributed by atoms with van der Waals surface area (Å²) in [6, 6.07) is 7.58. The molecule has 0 aliphatic heterocycles. The summed E-state index contributed by atoms with van der Waals surface area (Å²) in [5.41, 5.74) is 7.19. The minimum atomic E-state index is -0.234. The van der Waals surface area contributed by atoms with E-state index < -0.39 is 0 Å². The lowest BCUT2D eigenvalue weighted by Gasteiger charge is -2.22. The van der Waals surface area contributed by atoms with Crippen molar-refractivity contribution in [2.45, 2.75) is 24.6 Å². The molecule has 100 valence electrons. The van der Waals surface area contributed by atoms with E-state index in [1.54, 1.807) is 0 Å². The van der Waals surface area contributed by atoms with Crippen LogP contribution >= 0.6 is 23.4 Å². The number of hydrogen-bond donors (Lipinski definition) is 1. The highest BCUT2D eigenvalue weighted by atomic mass is 35.5. The monoisotopic (exact) mass is 287 g/mol. The molecule has 18 heavy (non-hydrogen) atoms. The van der Waals surface area contributed by atoms with E-state index in [0.717, 1.165) is 12.0 Å². The van der Waals surface area contributed by atoms with Gasteiger partial charge in [0.2, 0.25) is 0 Å². The van der Waals surface area contributed by atoms with Crippen LogP contribution in [0, 0.1) is 0 Å². The molecule has 0 spiro atoms. The van der Waals surface area contributed by atoms with Crippen LogP contribution in [0.5, 0.6) is 0 Å². The second-order valence-corrected chi connectivity index (χ2v) is 5.50. The van der Waals surface area contributed by atoms with E-state index in [-0.39, 0.29) is 17.3 Å². The molecule has 2 atom stereocenters. The first-order valence-electron chi connectivity index (χ1n) is 5.78. The first-order valence-corrected chi connectivity index (χ1v) is 7.20. The van der Waals surface area contributed by atoms with Gasteiger partial charge in [0.15, 0.2) is 0 Å². The molecular formula is C13H18ClNO2S. The van der Waals surface area contributed by atoms with E-state index >= 15 is 0 Å². The van der Waals surface area contributed by atoms with E-state index in [0.29, 0.717) is 10.8 Å². The summed E-state index contributed by atoms with van der Waals surface area (Å²) in [6.07, 6.45) is 0.849. The number of benzene rings is 1. The number of rotatable bonds is 6. The molecule has 5 heteroatoms. The summed E-state index contributed by atoms with van der Waals surface area (Å²) in [5.74, 6) is 0.0691. The van der Waals surface area contributed by atoms with Gasteiger partial charge in [-0.2, -0.15) is 0 Å². The topological polar surface area (TPSA) is 52.3 Å². The fourth-order valence-corrected chi connectivity index (χ4v) is 2.90. The molecule has 0 aromatic heterocycles. The summed E-state index contributed by atoms with van der Waals surface area (Å²) in [7, 11) is 1.39. The molecule has 0 radical (unpaired) electrons. The van der Waals surface area contributed by atoms with Gasteiger partial charge in [0.25, 0.3) is 0 Å². The van der Waals surface area contributed by atoms with Crippen LogP contribution in [0.2, 0.25) is 5.02 Å². The first-order chi connectivity index (χ1) is 8.58. The fraction of sp³-hybridized carbons (Fsp3) is 0.462. The number of carbonyl (C=O) groups is 1. The quantitative estimate of drug-likeness (QED) is 0.817. The molecule has 2 N–H and O–H groups in total. The Labute approximate surface area is 117 Å². The molecule has 0 heterocycles. The molecule has 0 bridgehead atoms. The van der Waals surface area contributed by atoms with Gasteiger partial charge in [-0.1, -0.05) is 30.7 Å². The van der Waals surface area contributed by atoms with Crippen molar-refractivity contribution in [3.05, 3.63) is 34.9 Å². The Bertz CT molecular complexity index is 383. The highest BCUT2D eigenvalue weighted by Gasteiger charge is 2.20. The van der Waals surface area contributed by atoms with Gasteiger partial charge >= 0.3 is 5.97 Å². The van der Waals surface area contributed by atoms with Crippen molar-refractivity contribution < 1.29 is 9.53 Å². The lowest BCUT2D eigenvalue weighted by atomic mass is 10.0. The Balaban J connectivity index is 2.77. The minimum Gasteiger partial charge on any atom is -0.468 e. The number of carbonyl (C=O) groups excluding carboxylic acids is 1. The van der Waals surface area contributed by atoms with Gasteiger partial charge < -0.3 is 10.5 Å². The third-order valence-corrected chi connectivity index (χ3v) is 4.30. The van der Waals surface area contributed by atoms with Gasteiger partial charge in [0.05, 0.1) is 12.9 Å². The van der Waals surface area contributed by atoms with Gasteiger partial charge in [-0.15, -0.1) is 11.8 Å². The van der Waals surface area contributed by atoms with Crippen molar-refractivity contribution in [1.29, 1.82) is 0 Å². The Morgan fingerprint density at radius 1 is 1.44 bits per heavy atom. The normalized spacial score (nSPS) is 14.0. The summed E-state index contributed by atoms with van der Waals surface area (Å²) in [5, 5.41) is 0.770. The predicted octanol–water partition coefficient (Wildman–Crippen LogP) is 3.02. The Morgan fingerprint density at radius 3 is 2.56 bits per heavy atom. The van der Waals surface area contributed by atoms with Crippen LogP contribution in [0.3, 0.4) is 0 Å². The van der Waals surface area contributed by atoms with Crippen molar-refractivity contribution in [3.63, 3.8) is 0 Å². The molecule has 1 rings (SSSR count). The smallest absolute Gasteiger partial charge is 0.315 e. The van der Waals surface area contributed by atoms with E-state index in [4.69, 9.17) is 17.3 Å². The molecular weight excluding hydrogens is 270 g/mol. The van der Waals surface area contributed by atoms with Crippen molar-refractivity contribution in [3.8, 4) is 0 Å². The molecule has 0 fully saturated rings. The van der Waals surface area contributed by atoms with Crippen molar-refractivity contribution in [2.24, 2.45) is 5.73 Å². The van der Waals surface area contributed by atoms with Gasteiger partial charge in [-0.3, -0.25) is 4.79 Å². The average molecular weight is 288 g/mol. The van der Waals surface area contributed by atoms with E-state index in [2.05, 4.69) is 4.74 Å². The molecule has 0 aliphatic carbocycles. The Kier molecular flexibility index (Phi) is 6.54. The number of esters is 1. The van der Waals surface area contributed by atoms with Gasteiger partial charge in [0.1, 0.15) is 0 Å². The number of methoxy groups -OCH3 is 1. The standard InChI is InChI=1S/C13H18ClNO2S/c1-3-11(15)13(18-8-12(16)17-2)9-4-6-10(14)7-5-9/h4-7,11,13H,3,8,15H2,1-2H3. The van der Waals surface area contributed by atoms with Crippen LogP contribution in [-0.4, -0.2) is 24.9 Å². The zero-order valence-corrected chi connectivity index (χ0v) is 12.1. The minimum absolute atomic E-state index is 0.000770. The maximum Gasteiger partial charge on any atom is 0.315 e. The van der Waals surface area contributed by atoms with Crippen LogP contribution in [0.1, 0.15) is 24.2 Å². The number of nitrogens with two attached hydrogens (primary N) is 1. The molecule has 0 saturated heterocycles. The highest BCUT2D eigenvalue weighted by Crippen LogP contribution is 2.33. The zero-order valence-electron chi connectivity index (χ0n) is 10.6. The Morgan fingerprint density at radius 2 is 2.06 bits per heavy atom. The summed E-state index contributed by atoms with van der Waals surface area (Å²) in [6.45, 7) is 2.03. The number of ether oxygens (including phenoxy) is 1. The molecule has 0 aliphatic rings. The molecule has 2 unspecified atom stereocenters. The lowest BCUT2D eigenvalue weighted by molar-refractivity contribution is -0.137.